The van der Waals surface area contributed by atoms with Crippen LogP contribution in [0.3, 0.4) is 0 Å². The van der Waals surface area contributed by atoms with Crippen molar-refractivity contribution in [3.63, 3.8) is 0 Å². The van der Waals surface area contributed by atoms with Gasteiger partial charge in [-0.25, -0.2) is 0 Å². The lowest BCUT2D eigenvalue weighted by molar-refractivity contribution is -0.106. The zero-order chi connectivity index (χ0) is 11.6. The molecule has 88 valence electrons. The Balaban J connectivity index is 1.85. The normalized spacial score (nSPS) is 19.4. The molecule has 0 bridgehead atoms. The highest BCUT2D eigenvalue weighted by molar-refractivity contribution is 5.17. The molecule has 1 N–H and O–H groups in total. The van der Waals surface area contributed by atoms with Gasteiger partial charge in [-0.1, -0.05) is 19.4 Å². The maximum atomic E-state index is 10.1. The molecule has 1 aromatic heterocycles. The number of aromatic nitrogens is 1. The first-order chi connectivity index (χ1) is 7.61. The first-order valence-corrected chi connectivity index (χ1v) is 5.96. The highest BCUT2D eigenvalue weighted by Crippen LogP contribution is 2.27. The molecule has 3 nitrogen and oxygen atoms in total. The topological polar surface area (TPSA) is 36.4 Å². The average molecular weight is 220 g/mol. The van der Waals surface area contributed by atoms with Gasteiger partial charge in [-0.05, 0) is 24.5 Å². The minimum absolute atomic E-state index is 0.425. The molecule has 0 amide bonds. The first-order valence-electron chi connectivity index (χ1n) is 5.96. The number of aliphatic hydroxyl groups is 1. The van der Waals surface area contributed by atoms with Crippen LogP contribution in [0.15, 0.2) is 18.5 Å². The van der Waals surface area contributed by atoms with Crippen LogP contribution in [0, 0.1) is 6.92 Å². The molecule has 0 aliphatic carbocycles. The third-order valence-corrected chi connectivity index (χ3v) is 3.09. The standard InChI is InChI=1S/C13H20N2O/c1-3-4-13(16)9-15(10-13)8-12-5-11(2)6-14-7-12/h5-7,16H,3-4,8-10H2,1-2H3. The molecule has 0 unspecified atom stereocenters. The quantitative estimate of drug-likeness (QED) is 0.839. The predicted molar refractivity (Wildman–Crippen MR) is 64.1 cm³/mol. The Kier molecular flexibility index (Phi) is 3.26. The van der Waals surface area contributed by atoms with Gasteiger partial charge < -0.3 is 5.11 Å². The van der Waals surface area contributed by atoms with Crippen molar-refractivity contribution in [2.75, 3.05) is 13.1 Å². The first kappa shape index (κ1) is 11.6. The van der Waals surface area contributed by atoms with E-state index in [0.717, 1.165) is 32.5 Å². The van der Waals surface area contributed by atoms with Crippen molar-refractivity contribution in [3.8, 4) is 0 Å². The molecule has 16 heavy (non-hydrogen) atoms. The van der Waals surface area contributed by atoms with E-state index < -0.39 is 5.60 Å². The van der Waals surface area contributed by atoms with Crippen molar-refractivity contribution >= 4 is 0 Å². The summed E-state index contributed by atoms with van der Waals surface area (Å²) in [6.45, 7) is 6.68. The molecule has 0 spiro atoms. The molecule has 0 saturated carbocycles. The Bertz CT molecular complexity index is 359. The van der Waals surface area contributed by atoms with Crippen molar-refractivity contribution in [2.45, 2.75) is 38.8 Å². The van der Waals surface area contributed by atoms with Crippen LogP contribution in [-0.4, -0.2) is 33.7 Å². The summed E-state index contributed by atoms with van der Waals surface area (Å²) in [4.78, 5) is 6.45. The van der Waals surface area contributed by atoms with Crippen LogP contribution < -0.4 is 0 Å². The fraction of sp³-hybridized carbons (Fsp3) is 0.615. The second-order valence-electron chi connectivity index (χ2n) is 4.99. The van der Waals surface area contributed by atoms with Gasteiger partial charge >= 0.3 is 0 Å². The van der Waals surface area contributed by atoms with Crippen molar-refractivity contribution in [3.05, 3.63) is 29.6 Å². The molecule has 1 aliphatic heterocycles. The van der Waals surface area contributed by atoms with Gasteiger partial charge in [0.05, 0.1) is 5.60 Å². The third kappa shape index (κ3) is 2.60. The molecule has 3 heteroatoms. The fourth-order valence-electron chi connectivity index (χ4n) is 2.48. The molecule has 1 fully saturated rings. The molecular formula is C13H20N2O. The highest BCUT2D eigenvalue weighted by atomic mass is 16.3. The Labute approximate surface area is 97.1 Å². The predicted octanol–water partition coefficient (Wildman–Crippen LogP) is 1.74. The smallest absolute Gasteiger partial charge is 0.0900 e. The minimum Gasteiger partial charge on any atom is -0.387 e. The average Bonchev–Trinajstić information content (AvgIpc) is 2.15. The van der Waals surface area contributed by atoms with E-state index in [1.807, 2.05) is 12.4 Å². The molecule has 1 aliphatic rings. The zero-order valence-electron chi connectivity index (χ0n) is 10.1. The molecular weight excluding hydrogens is 200 g/mol. The molecule has 0 aromatic carbocycles. The number of rotatable bonds is 4. The van der Waals surface area contributed by atoms with Crippen molar-refractivity contribution in [1.29, 1.82) is 0 Å². The molecule has 2 heterocycles. The van der Waals surface area contributed by atoms with Crippen molar-refractivity contribution < 1.29 is 5.11 Å². The van der Waals surface area contributed by atoms with E-state index in [2.05, 4.69) is 29.8 Å². The monoisotopic (exact) mass is 220 g/mol. The van der Waals surface area contributed by atoms with Gasteiger partial charge in [0, 0.05) is 32.0 Å². The zero-order valence-corrected chi connectivity index (χ0v) is 10.1. The van der Waals surface area contributed by atoms with Crippen molar-refractivity contribution in [1.82, 2.24) is 9.88 Å². The number of hydrogen-bond donors (Lipinski definition) is 1. The lowest BCUT2D eigenvalue weighted by Crippen LogP contribution is -2.60. The van der Waals surface area contributed by atoms with Gasteiger partial charge in [0.15, 0.2) is 0 Å². The second-order valence-corrected chi connectivity index (χ2v) is 4.99. The Morgan fingerprint density at radius 2 is 2.19 bits per heavy atom. The molecule has 0 radical (unpaired) electrons. The largest absolute Gasteiger partial charge is 0.387 e. The number of β-amino-alcohol motifs (C(OH)–C–C–N with tert-alkyl or cyclic N) is 1. The number of hydrogen-bond acceptors (Lipinski definition) is 3. The summed E-state index contributed by atoms with van der Waals surface area (Å²) in [6.07, 6.45) is 5.74. The van der Waals surface area contributed by atoms with Crippen LogP contribution in [0.1, 0.15) is 30.9 Å². The lowest BCUT2D eigenvalue weighted by Gasteiger charge is -2.46. The van der Waals surface area contributed by atoms with Gasteiger partial charge in [0.1, 0.15) is 0 Å². The Morgan fingerprint density at radius 1 is 1.44 bits per heavy atom. The third-order valence-electron chi connectivity index (χ3n) is 3.09. The summed E-state index contributed by atoms with van der Waals surface area (Å²) in [6, 6.07) is 2.16. The van der Waals surface area contributed by atoms with Crippen LogP contribution in [-0.2, 0) is 6.54 Å². The summed E-state index contributed by atoms with van der Waals surface area (Å²) < 4.78 is 0. The summed E-state index contributed by atoms with van der Waals surface area (Å²) in [5.41, 5.74) is 2.01. The molecule has 0 atom stereocenters. The van der Waals surface area contributed by atoms with Gasteiger partial charge in [-0.3, -0.25) is 9.88 Å². The number of nitrogens with zero attached hydrogens (tertiary/aromatic N) is 2. The maximum Gasteiger partial charge on any atom is 0.0900 e. The fourth-order valence-corrected chi connectivity index (χ4v) is 2.48. The summed E-state index contributed by atoms with van der Waals surface area (Å²) >= 11 is 0. The van der Waals surface area contributed by atoms with E-state index in [1.54, 1.807) is 0 Å². The maximum absolute atomic E-state index is 10.1. The van der Waals surface area contributed by atoms with Gasteiger partial charge in [-0.2, -0.15) is 0 Å². The summed E-state index contributed by atoms with van der Waals surface area (Å²) in [5, 5.41) is 10.1. The molecule has 2 rings (SSSR count). The van der Waals surface area contributed by atoms with Crippen LogP contribution >= 0.6 is 0 Å². The van der Waals surface area contributed by atoms with Crippen LogP contribution in [0.25, 0.3) is 0 Å². The van der Waals surface area contributed by atoms with Crippen LogP contribution in [0.4, 0.5) is 0 Å². The highest BCUT2D eigenvalue weighted by Gasteiger charge is 2.39. The second kappa shape index (κ2) is 4.52. The summed E-state index contributed by atoms with van der Waals surface area (Å²) in [7, 11) is 0. The molecule has 1 saturated heterocycles. The molecule has 1 aromatic rings. The Hall–Kier alpha value is -0.930. The van der Waals surface area contributed by atoms with Crippen LogP contribution in [0.2, 0.25) is 0 Å². The Morgan fingerprint density at radius 3 is 2.81 bits per heavy atom. The van der Waals surface area contributed by atoms with Crippen LogP contribution in [0.5, 0.6) is 0 Å². The SMILES string of the molecule is CCCC1(O)CN(Cc2cncc(C)c2)C1. The van der Waals surface area contributed by atoms with E-state index in [1.165, 1.54) is 11.1 Å². The lowest BCUT2D eigenvalue weighted by atomic mass is 9.89. The number of aryl methyl sites for hydroxylation is 1. The number of pyridine rings is 1. The minimum atomic E-state index is -0.425. The van der Waals surface area contributed by atoms with Crippen molar-refractivity contribution in [2.24, 2.45) is 0 Å². The number of likely N-dealkylation sites (tertiary alicyclic amines) is 1. The van der Waals surface area contributed by atoms with E-state index in [4.69, 9.17) is 0 Å². The van der Waals surface area contributed by atoms with E-state index in [0.29, 0.717) is 0 Å². The summed E-state index contributed by atoms with van der Waals surface area (Å²) in [5.74, 6) is 0. The van der Waals surface area contributed by atoms with E-state index in [-0.39, 0.29) is 0 Å². The van der Waals surface area contributed by atoms with E-state index in [9.17, 15) is 5.11 Å². The van der Waals surface area contributed by atoms with Gasteiger partial charge in [0.2, 0.25) is 0 Å². The van der Waals surface area contributed by atoms with Gasteiger partial charge in [-0.15, -0.1) is 0 Å². The van der Waals surface area contributed by atoms with Gasteiger partial charge in [0.25, 0.3) is 0 Å². The van der Waals surface area contributed by atoms with E-state index >= 15 is 0 Å².